The van der Waals surface area contributed by atoms with Gasteiger partial charge in [-0.1, -0.05) is 12.8 Å². The van der Waals surface area contributed by atoms with Crippen molar-refractivity contribution >= 4 is 5.78 Å². The number of piperidine rings is 1. The molecule has 0 spiro atoms. The summed E-state index contributed by atoms with van der Waals surface area (Å²) in [7, 11) is 0. The lowest BCUT2D eigenvalue weighted by atomic mass is 9.84. The zero-order valence-corrected chi connectivity index (χ0v) is 7.51. The Morgan fingerprint density at radius 2 is 2.00 bits per heavy atom. The molecular weight excluding hydrogens is 150 g/mol. The number of Topliss-reactive ketones (excluding diaryl/α,β-unsaturated/α-hetero) is 1. The molecule has 0 aromatic heterocycles. The molecule has 2 aliphatic rings. The third kappa shape index (κ3) is 1.53. The minimum atomic E-state index is 0.362. The van der Waals surface area contributed by atoms with Gasteiger partial charge < -0.3 is 5.32 Å². The number of carbonyl (C=O) groups excluding carboxylic acids is 1. The standard InChI is InChI=1S/C10H17NO/c12-10-5-6-11-7-9(10)8-3-1-2-4-8/h8-9,11H,1-7H2. The normalized spacial score (nSPS) is 32.7. The Labute approximate surface area is 73.7 Å². The van der Waals surface area contributed by atoms with Gasteiger partial charge in [-0.15, -0.1) is 0 Å². The Hall–Kier alpha value is -0.370. The maximum atomic E-state index is 11.5. The third-order valence-corrected chi connectivity index (χ3v) is 3.29. The van der Waals surface area contributed by atoms with E-state index >= 15 is 0 Å². The lowest BCUT2D eigenvalue weighted by molar-refractivity contribution is -0.125. The van der Waals surface area contributed by atoms with Crippen molar-refractivity contribution in [2.75, 3.05) is 13.1 Å². The van der Waals surface area contributed by atoms with E-state index in [2.05, 4.69) is 5.32 Å². The van der Waals surface area contributed by atoms with Gasteiger partial charge in [0.25, 0.3) is 0 Å². The number of ketones is 1. The molecule has 1 saturated heterocycles. The minimum absolute atomic E-state index is 0.362. The van der Waals surface area contributed by atoms with E-state index in [1.165, 1.54) is 25.7 Å². The van der Waals surface area contributed by atoms with E-state index in [0.29, 0.717) is 17.6 Å². The van der Waals surface area contributed by atoms with E-state index < -0.39 is 0 Å². The molecule has 2 rings (SSSR count). The predicted octanol–water partition coefficient (Wildman–Crippen LogP) is 1.36. The Morgan fingerprint density at radius 3 is 2.67 bits per heavy atom. The minimum Gasteiger partial charge on any atom is -0.316 e. The van der Waals surface area contributed by atoms with Crippen molar-refractivity contribution in [2.24, 2.45) is 11.8 Å². The van der Waals surface area contributed by atoms with Gasteiger partial charge in [-0.05, 0) is 18.8 Å². The Morgan fingerprint density at radius 1 is 1.25 bits per heavy atom. The fourth-order valence-corrected chi connectivity index (χ4v) is 2.56. The highest BCUT2D eigenvalue weighted by Crippen LogP contribution is 2.32. The second-order valence-electron chi connectivity index (χ2n) is 4.07. The van der Waals surface area contributed by atoms with Crippen LogP contribution in [-0.2, 0) is 4.79 Å². The zero-order valence-electron chi connectivity index (χ0n) is 7.51. The Balaban J connectivity index is 1.95. The summed E-state index contributed by atoms with van der Waals surface area (Å²) >= 11 is 0. The van der Waals surface area contributed by atoms with E-state index in [9.17, 15) is 4.79 Å². The average molecular weight is 167 g/mol. The molecule has 0 aromatic carbocycles. The molecule has 1 atom stereocenters. The maximum absolute atomic E-state index is 11.5. The number of nitrogens with one attached hydrogen (secondary N) is 1. The lowest BCUT2D eigenvalue weighted by Gasteiger charge is -2.26. The van der Waals surface area contributed by atoms with Crippen molar-refractivity contribution in [3.05, 3.63) is 0 Å². The van der Waals surface area contributed by atoms with Crippen LogP contribution in [0.2, 0.25) is 0 Å². The molecule has 0 radical (unpaired) electrons. The highest BCUT2D eigenvalue weighted by Gasteiger charge is 2.31. The molecule has 0 bridgehead atoms. The van der Waals surface area contributed by atoms with E-state index in [1.807, 2.05) is 0 Å². The van der Waals surface area contributed by atoms with Crippen LogP contribution in [0.1, 0.15) is 32.1 Å². The van der Waals surface area contributed by atoms with Gasteiger partial charge >= 0.3 is 0 Å². The first-order chi connectivity index (χ1) is 5.88. The van der Waals surface area contributed by atoms with E-state index in [1.54, 1.807) is 0 Å². The number of hydrogen-bond donors (Lipinski definition) is 1. The molecule has 2 heteroatoms. The van der Waals surface area contributed by atoms with Crippen molar-refractivity contribution in [1.82, 2.24) is 5.32 Å². The summed E-state index contributed by atoms with van der Waals surface area (Å²) in [4.78, 5) is 11.5. The van der Waals surface area contributed by atoms with Crippen molar-refractivity contribution < 1.29 is 4.79 Å². The van der Waals surface area contributed by atoms with Crippen molar-refractivity contribution in [1.29, 1.82) is 0 Å². The summed E-state index contributed by atoms with van der Waals surface area (Å²) < 4.78 is 0. The van der Waals surface area contributed by atoms with Crippen LogP contribution in [-0.4, -0.2) is 18.9 Å². The molecule has 2 nitrogen and oxygen atoms in total. The van der Waals surface area contributed by atoms with E-state index in [0.717, 1.165) is 19.5 Å². The van der Waals surface area contributed by atoms with E-state index in [4.69, 9.17) is 0 Å². The van der Waals surface area contributed by atoms with Gasteiger partial charge in [0.05, 0.1) is 0 Å². The van der Waals surface area contributed by atoms with Crippen LogP contribution >= 0.6 is 0 Å². The second-order valence-corrected chi connectivity index (χ2v) is 4.07. The molecule has 1 aliphatic carbocycles. The van der Waals surface area contributed by atoms with Crippen LogP contribution in [0.15, 0.2) is 0 Å². The second kappa shape index (κ2) is 3.56. The summed E-state index contributed by atoms with van der Waals surface area (Å²) in [5.41, 5.74) is 0. The van der Waals surface area contributed by atoms with Gasteiger partial charge in [-0.2, -0.15) is 0 Å². The fourth-order valence-electron chi connectivity index (χ4n) is 2.56. The summed E-state index contributed by atoms with van der Waals surface area (Å²) in [5.74, 6) is 1.59. The van der Waals surface area contributed by atoms with Gasteiger partial charge in [-0.3, -0.25) is 4.79 Å². The first-order valence-electron chi connectivity index (χ1n) is 5.11. The molecule has 0 amide bonds. The predicted molar refractivity (Wildman–Crippen MR) is 47.9 cm³/mol. The van der Waals surface area contributed by atoms with Crippen molar-refractivity contribution in [2.45, 2.75) is 32.1 Å². The maximum Gasteiger partial charge on any atom is 0.138 e. The highest BCUT2D eigenvalue weighted by atomic mass is 16.1. The van der Waals surface area contributed by atoms with Crippen molar-refractivity contribution in [3.63, 3.8) is 0 Å². The van der Waals surface area contributed by atoms with Crippen LogP contribution in [0.3, 0.4) is 0 Å². The molecule has 2 fully saturated rings. The van der Waals surface area contributed by atoms with Crippen LogP contribution < -0.4 is 5.32 Å². The smallest absolute Gasteiger partial charge is 0.138 e. The first-order valence-corrected chi connectivity index (χ1v) is 5.11. The third-order valence-electron chi connectivity index (χ3n) is 3.29. The van der Waals surface area contributed by atoms with Crippen LogP contribution in [0.25, 0.3) is 0 Å². The SMILES string of the molecule is O=C1CCNCC1C1CCCC1. The number of rotatable bonds is 1. The summed E-state index contributed by atoms with van der Waals surface area (Å²) in [6.45, 7) is 1.85. The summed E-state index contributed by atoms with van der Waals surface area (Å²) in [6, 6.07) is 0. The molecule has 68 valence electrons. The van der Waals surface area contributed by atoms with Gasteiger partial charge in [0.2, 0.25) is 0 Å². The average Bonchev–Trinajstić information content (AvgIpc) is 2.57. The Bertz CT molecular complexity index is 173. The topological polar surface area (TPSA) is 29.1 Å². The molecule has 1 unspecified atom stereocenters. The summed E-state index contributed by atoms with van der Waals surface area (Å²) in [5, 5.41) is 3.32. The molecule has 1 N–H and O–H groups in total. The highest BCUT2D eigenvalue weighted by molar-refractivity contribution is 5.82. The fraction of sp³-hybridized carbons (Fsp3) is 0.900. The first kappa shape index (κ1) is 8.24. The zero-order chi connectivity index (χ0) is 8.39. The van der Waals surface area contributed by atoms with Gasteiger partial charge in [0, 0.05) is 25.4 Å². The molecular formula is C10H17NO. The quantitative estimate of drug-likeness (QED) is 0.639. The molecule has 1 saturated carbocycles. The Kier molecular flexibility index (Phi) is 2.45. The van der Waals surface area contributed by atoms with Gasteiger partial charge in [-0.25, -0.2) is 0 Å². The molecule has 0 aromatic rings. The molecule has 1 heterocycles. The lowest BCUT2D eigenvalue weighted by Crippen LogP contribution is -2.40. The largest absolute Gasteiger partial charge is 0.316 e. The van der Waals surface area contributed by atoms with Crippen LogP contribution in [0.4, 0.5) is 0 Å². The monoisotopic (exact) mass is 167 g/mol. The van der Waals surface area contributed by atoms with Crippen LogP contribution in [0, 0.1) is 11.8 Å². The molecule has 1 aliphatic heterocycles. The van der Waals surface area contributed by atoms with Crippen LogP contribution in [0.5, 0.6) is 0 Å². The number of hydrogen-bond acceptors (Lipinski definition) is 2. The van der Waals surface area contributed by atoms with E-state index in [-0.39, 0.29) is 0 Å². The van der Waals surface area contributed by atoms with Crippen molar-refractivity contribution in [3.8, 4) is 0 Å². The number of carbonyl (C=O) groups is 1. The van der Waals surface area contributed by atoms with Gasteiger partial charge in [0.1, 0.15) is 5.78 Å². The summed E-state index contributed by atoms with van der Waals surface area (Å²) in [6.07, 6.45) is 6.03. The van der Waals surface area contributed by atoms with Gasteiger partial charge in [0.15, 0.2) is 0 Å². The molecule has 12 heavy (non-hydrogen) atoms.